The second-order valence-electron chi connectivity index (χ2n) is 7.34. The van der Waals surface area contributed by atoms with Crippen molar-refractivity contribution in [3.05, 3.63) is 100 Å². The Bertz CT molecular complexity index is 1430. The number of aryl methyl sites for hydroxylation is 2. The summed E-state index contributed by atoms with van der Waals surface area (Å²) in [7, 11) is 0. The highest BCUT2D eigenvalue weighted by atomic mass is 16.5. The third-order valence-electron chi connectivity index (χ3n) is 5.28. The molecule has 0 N–H and O–H groups in total. The molecule has 0 radical (unpaired) electrons. The van der Waals surface area contributed by atoms with Gasteiger partial charge in [-0.15, -0.1) is 0 Å². The van der Waals surface area contributed by atoms with E-state index in [0.29, 0.717) is 17.1 Å². The molecule has 5 heteroatoms. The predicted octanol–water partition coefficient (Wildman–Crippen LogP) is 5.32. The van der Waals surface area contributed by atoms with E-state index in [1.54, 1.807) is 10.8 Å². The number of benzene rings is 3. The third-order valence-corrected chi connectivity index (χ3v) is 5.28. The minimum atomic E-state index is -0.0863. The molecule has 0 amide bonds. The zero-order chi connectivity index (χ0) is 20.7. The van der Waals surface area contributed by atoms with E-state index in [2.05, 4.69) is 10.1 Å². The molecule has 0 fully saturated rings. The second-order valence-corrected chi connectivity index (χ2v) is 7.34. The average Bonchev–Trinajstić information content (AvgIpc) is 3.25. The summed E-state index contributed by atoms with van der Waals surface area (Å²) in [6.07, 6.45) is 1.78. The SMILES string of the molecule is Cc1ccc(-n2cc(-c3nc(-c4ccccc4C)no3)c3ccccc3c2=O)cc1. The lowest BCUT2D eigenvalue weighted by Gasteiger charge is -2.10. The van der Waals surface area contributed by atoms with Crippen LogP contribution in [0.15, 0.2) is 88.3 Å². The first-order valence-corrected chi connectivity index (χ1v) is 9.73. The molecule has 30 heavy (non-hydrogen) atoms. The summed E-state index contributed by atoms with van der Waals surface area (Å²) in [6.45, 7) is 4.03. The van der Waals surface area contributed by atoms with Gasteiger partial charge in [-0.1, -0.05) is 65.3 Å². The van der Waals surface area contributed by atoms with E-state index in [1.807, 2.05) is 86.6 Å². The first kappa shape index (κ1) is 18.1. The van der Waals surface area contributed by atoms with Gasteiger partial charge in [0.25, 0.3) is 11.4 Å². The van der Waals surface area contributed by atoms with Crippen molar-refractivity contribution >= 4 is 10.8 Å². The number of nitrogens with zero attached hydrogens (tertiary/aromatic N) is 3. The molecule has 0 aliphatic rings. The van der Waals surface area contributed by atoms with Gasteiger partial charge in [0.2, 0.25) is 5.82 Å². The van der Waals surface area contributed by atoms with Crippen LogP contribution < -0.4 is 5.56 Å². The highest BCUT2D eigenvalue weighted by Crippen LogP contribution is 2.29. The van der Waals surface area contributed by atoms with Crippen molar-refractivity contribution in [2.75, 3.05) is 0 Å². The molecule has 0 atom stereocenters. The van der Waals surface area contributed by atoms with E-state index in [-0.39, 0.29) is 5.56 Å². The van der Waals surface area contributed by atoms with Crippen LogP contribution in [0.3, 0.4) is 0 Å². The topological polar surface area (TPSA) is 60.9 Å². The van der Waals surface area contributed by atoms with Gasteiger partial charge in [0.05, 0.1) is 5.56 Å². The Hall–Kier alpha value is -3.99. The molecule has 0 aliphatic carbocycles. The molecule has 0 saturated carbocycles. The summed E-state index contributed by atoms with van der Waals surface area (Å²) in [5.74, 6) is 0.908. The lowest BCUT2D eigenvalue weighted by atomic mass is 10.1. The van der Waals surface area contributed by atoms with Crippen LogP contribution in [0, 0.1) is 13.8 Å². The maximum Gasteiger partial charge on any atom is 0.262 e. The molecule has 3 aromatic carbocycles. The van der Waals surface area contributed by atoms with Crippen LogP contribution in [0.25, 0.3) is 39.3 Å². The fourth-order valence-electron chi connectivity index (χ4n) is 3.63. The Labute approximate surface area is 173 Å². The van der Waals surface area contributed by atoms with Crippen LogP contribution in [-0.4, -0.2) is 14.7 Å². The van der Waals surface area contributed by atoms with E-state index in [4.69, 9.17) is 4.52 Å². The summed E-state index contributed by atoms with van der Waals surface area (Å²) in [5.41, 5.74) is 4.54. The van der Waals surface area contributed by atoms with E-state index < -0.39 is 0 Å². The van der Waals surface area contributed by atoms with E-state index >= 15 is 0 Å². The van der Waals surface area contributed by atoms with Gasteiger partial charge in [0.15, 0.2) is 0 Å². The van der Waals surface area contributed by atoms with Crippen LogP contribution in [0.4, 0.5) is 0 Å². The Morgan fingerprint density at radius 3 is 2.27 bits per heavy atom. The van der Waals surface area contributed by atoms with Gasteiger partial charge in [0, 0.05) is 28.2 Å². The monoisotopic (exact) mass is 393 g/mol. The number of hydrogen-bond acceptors (Lipinski definition) is 4. The zero-order valence-corrected chi connectivity index (χ0v) is 16.7. The number of pyridine rings is 1. The molecule has 0 unspecified atom stereocenters. The fourth-order valence-corrected chi connectivity index (χ4v) is 3.63. The molecular weight excluding hydrogens is 374 g/mol. The van der Waals surface area contributed by atoms with E-state index in [9.17, 15) is 4.79 Å². The average molecular weight is 393 g/mol. The molecule has 0 aliphatic heterocycles. The van der Waals surface area contributed by atoms with Gasteiger partial charge < -0.3 is 4.52 Å². The Morgan fingerprint density at radius 2 is 1.50 bits per heavy atom. The van der Waals surface area contributed by atoms with Gasteiger partial charge in [-0.05, 0) is 37.6 Å². The molecule has 5 aromatic rings. The first-order chi connectivity index (χ1) is 14.6. The van der Waals surface area contributed by atoms with Gasteiger partial charge >= 0.3 is 0 Å². The van der Waals surface area contributed by atoms with Crippen molar-refractivity contribution in [3.63, 3.8) is 0 Å². The molecule has 2 aromatic heterocycles. The summed E-state index contributed by atoms with van der Waals surface area (Å²) in [5, 5.41) is 5.58. The maximum absolute atomic E-state index is 13.2. The highest BCUT2D eigenvalue weighted by molar-refractivity contribution is 5.94. The molecule has 2 heterocycles. The lowest BCUT2D eigenvalue weighted by molar-refractivity contribution is 0.432. The van der Waals surface area contributed by atoms with Gasteiger partial charge in [0.1, 0.15) is 0 Å². The minimum Gasteiger partial charge on any atom is -0.334 e. The quantitative estimate of drug-likeness (QED) is 0.416. The lowest BCUT2D eigenvalue weighted by Crippen LogP contribution is -2.18. The summed E-state index contributed by atoms with van der Waals surface area (Å²) < 4.78 is 7.28. The molecule has 146 valence electrons. The normalized spacial score (nSPS) is 11.1. The molecule has 0 spiro atoms. The Morgan fingerprint density at radius 1 is 0.800 bits per heavy atom. The number of rotatable bonds is 3. The molecule has 0 saturated heterocycles. The van der Waals surface area contributed by atoms with Crippen LogP contribution in [-0.2, 0) is 0 Å². The largest absolute Gasteiger partial charge is 0.334 e. The Balaban J connectivity index is 1.74. The zero-order valence-electron chi connectivity index (χ0n) is 16.7. The van der Waals surface area contributed by atoms with Crippen molar-refractivity contribution in [2.24, 2.45) is 0 Å². The van der Waals surface area contributed by atoms with Crippen LogP contribution in [0.5, 0.6) is 0 Å². The van der Waals surface area contributed by atoms with Gasteiger partial charge in [-0.3, -0.25) is 9.36 Å². The number of fused-ring (bicyclic) bond motifs is 1. The van der Waals surface area contributed by atoms with Crippen molar-refractivity contribution in [3.8, 4) is 28.5 Å². The maximum atomic E-state index is 13.2. The van der Waals surface area contributed by atoms with Gasteiger partial charge in [-0.25, -0.2) is 0 Å². The van der Waals surface area contributed by atoms with Crippen molar-refractivity contribution in [1.29, 1.82) is 0 Å². The molecule has 5 rings (SSSR count). The standard InChI is InChI=1S/C25H19N3O2/c1-16-11-13-18(14-12-16)28-15-22(20-9-5-6-10-21(20)25(28)29)24-26-23(27-30-24)19-8-4-3-7-17(19)2/h3-15H,1-2H3. The summed E-state index contributed by atoms with van der Waals surface area (Å²) in [4.78, 5) is 17.8. The highest BCUT2D eigenvalue weighted by Gasteiger charge is 2.17. The van der Waals surface area contributed by atoms with Crippen LogP contribution in [0.1, 0.15) is 11.1 Å². The smallest absolute Gasteiger partial charge is 0.262 e. The van der Waals surface area contributed by atoms with Crippen LogP contribution >= 0.6 is 0 Å². The third kappa shape index (κ3) is 3.01. The Kier molecular flexibility index (Phi) is 4.29. The fraction of sp³-hybridized carbons (Fsp3) is 0.0800. The van der Waals surface area contributed by atoms with Crippen molar-refractivity contribution in [1.82, 2.24) is 14.7 Å². The van der Waals surface area contributed by atoms with E-state index in [0.717, 1.165) is 33.3 Å². The number of hydrogen-bond donors (Lipinski definition) is 0. The minimum absolute atomic E-state index is 0.0863. The first-order valence-electron chi connectivity index (χ1n) is 9.73. The number of aromatic nitrogens is 3. The molecule has 5 nitrogen and oxygen atoms in total. The molecular formula is C25H19N3O2. The summed E-state index contributed by atoms with van der Waals surface area (Å²) in [6, 6.07) is 23.2. The van der Waals surface area contributed by atoms with Gasteiger partial charge in [-0.2, -0.15) is 4.98 Å². The summed E-state index contributed by atoms with van der Waals surface area (Å²) >= 11 is 0. The van der Waals surface area contributed by atoms with Crippen molar-refractivity contribution in [2.45, 2.75) is 13.8 Å². The van der Waals surface area contributed by atoms with Crippen molar-refractivity contribution < 1.29 is 4.52 Å². The molecule has 0 bridgehead atoms. The predicted molar refractivity (Wildman–Crippen MR) is 118 cm³/mol. The second kappa shape index (κ2) is 7.12. The van der Waals surface area contributed by atoms with E-state index in [1.165, 1.54) is 0 Å². The van der Waals surface area contributed by atoms with Crippen LogP contribution in [0.2, 0.25) is 0 Å².